The molecular weight excluding hydrogens is 446 g/mol. The van der Waals surface area contributed by atoms with Crippen LogP contribution in [0.2, 0.25) is 0 Å². The number of hydrogen-bond acceptors (Lipinski definition) is 6. The molecule has 7 nitrogen and oxygen atoms in total. The van der Waals surface area contributed by atoms with Crippen molar-refractivity contribution in [2.45, 2.75) is 12.8 Å². The normalized spacial score (nSPS) is 18.6. The Kier molecular flexibility index (Phi) is 5.98. The lowest BCUT2D eigenvalue weighted by Crippen LogP contribution is -2.28. The van der Waals surface area contributed by atoms with E-state index >= 15 is 0 Å². The minimum absolute atomic E-state index is 0.0538. The van der Waals surface area contributed by atoms with Gasteiger partial charge in [-0.3, -0.25) is 0 Å². The van der Waals surface area contributed by atoms with Crippen LogP contribution in [0.1, 0.15) is 17.8 Å². The van der Waals surface area contributed by atoms with Gasteiger partial charge in [0.05, 0.1) is 28.0 Å². The molecule has 1 aromatic carbocycles. The molecule has 1 fully saturated rings. The molecule has 1 saturated heterocycles. The Balaban J connectivity index is 1.50. The number of benzene rings is 1. The van der Waals surface area contributed by atoms with Crippen LogP contribution in [0.25, 0.3) is 32.5 Å². The van der Waals surface area contributed by atoms with Crippen LogP contribution >= 0.6 is 11.3 Å². The number of aromatic amines is 1. The van der Waals surface area contributed by atoms with Crippen LogP contribution in [-0.2, 0) is 4.74 Å². The molecule has 172 valence electrons. The first kappa shape index (κ1) is 22.0. The van der Waals surface area contributed by atoms with Gasteiger partial charge in [-0.15, -0.1) is 11.3 Å². The van der Waals surface area contributed by atoms with E-state index in [9.17, 15) is 4.79 Å². The van der Waals surface area contributed by atoms with Crippen LogP contribution in [0.5, 0.6) is 0 Å². The molecule has 2 atom stereocenters. The Hall–Kier alpha value is -3.78. The fourth-order valence-corrected chi connectivity index (χ4v) is 5.64. The molecule has 0 radical (unpaired) electrons. The van der Waals surface area contributed by atoms with Gasteiger partial charge in [0.15, 0.2) is 0 Å². The van der Waals surface area contributed by atoms with E-state index in [4.69, 9.17) is 9.72 Å². The number of thiazole rings is 1. The molecule has 4 aromatic rings. The molecule has 1 amide bonds. The third-order valence-corrected chi connectivity index (χ3v) is 7.34. The Labute approximate surface area is 201 Å². The molecule has 1 aliphatic rings. The Morgan fingerprint density at radius 3 is 2.97 bits per heavy atom. The summed E-state index contributed by atoms with van der Waals surface area (Å²) in [5, 5.41) is 1.99. The smallest absolute Gasteiger partial charge is 0.409 e. The second kappa shape index (κ2) is 9.23. The molecule has 1 N–H and O–H groups in total. The summed E-state index contributed by atoms with van der Waals surface area (Å²) in [5.41, 5.74) is 4.64. The average molecular weight is 472 g/mol. The minimum atomic E-state index is -0.319. The summed E-state index contributed by atoms with van der Waals surface area (Å²) in [4.78, 5) is 30.9. The number of nitrogens with one attached hydrogen (secondary N) is 1. The highest BCUT2D eigenvalue weighted by Crippen LogP contribution is 2.41. The number of amides is 1. The van der Waals surface area contributed by atoms with Gasteiger partial charge in [0.2, 0.25) is 0 Å². The average Bonchev–Trinajstić information content (AvgIpc) is 3.60. The van der Waals surface area contributed by atoms with E-state index in [1.165, 1.54) is 7.11 Å². The van der Waals surface area contributed by atoms with Crippen molar-refractivity contribution in [1.82, 2.24) is 24.8 Å². The van der Waals surface area contributed by atoms with E-state index in [1.807, 2.05) is 55.6 Å². The molecule has 34 heavy (non-hydrogen) atoms. The topological polar surface area (TPSA) is 84.0 Å². The highest BCUT2D eigenvalue weighted by Gasteiger charge is 2.39. The second-order valence-electron chi connectivity index (χ2n) is 8.24. The highest BCUT2D eigenvalue weighted by atomic mass is 32.1. The quantitative estimate of drug-likeness (QED) is 0.377. The monoisotopic (exact) mass is 471 g/mol. The van der Waals surface area contributed by atoms with Gasteiger partial charge in [0, 0.05) is 42.1 Å². The summed E-state index contributed by atoms with van der Waals surface area (Å²) in [6.07, 6.45) is 11.1. The van der Waals surface area contributed by atoms with Crippen LogP contribution in [0.15, 0.2) is 73.2 Å². The van der Waals surface area contributed by atoms with Crippen LogP contribution in [0, 0.1) is 5.92 Å². The van der Waals surface area contributed by atoms with Crippen LogP contribution in [0.4, 0.5) is 4.79 Å². The maximum atomic E-state index is 12.3. The Morgan fingerprint density at radius 2 is 2.15 bits per heavy atom. The zero-order valence-corrected chi connectivity index (χ0v) is 19.9. The lowest BCUT2D eigenvalue weighted by Gasteiger charge is -2.16. The van der Waals surface area contributed by atoms with Crippen molar-refractivity contribution in [3.63, 3.8) is 0 Å². The van der Waals surface area contributed by atoms with Crippen LogP contribution < -0.4 is 0 Å². The molecule has 4 heterocycles. The van der Waals surface area contributed by atoms with Gasteiger partial charge in [0.25, 0.3) is 0 Å². The number of likely N-dealkylation sites (tertiary alicyclic amines) is 1. The van der Waals surface area contributed by atoms with Crippen molar-refractivity contribution < 1.29 is 9.53 Å². The maximum Gasteiger partial charge on any atom is 0.409 e. The molecule has 5 rings (SSSR count). The maximum absolute atomic E-state index is 12.3. The third-order valence-electron chi connectivity index (χ3n) is 6.19. The van der Waals surface area contributed by atoms with Crippen molar-refractivity contribution in [3.05, 3.63) is 78.3 Å². The van der Waals surface area contributed by atoms with E-state index in [0.29, 0.717) is 13.1 Å². The van der Waals surface area contributed by atoms with E-state index in [-0.39, 0.29) is 17.9 Å². The number of methoxy groups -OCH3 is 1. The number of hydrogen-bond donors (Lipinski definition) is 1. The standard InChI is InChI=1S/C26H25N5O2S/c1-4-5-6-7-16(2)19-13-31(26(32)33-3)14-20(19)25-30-21-9-8-17(12-22(21)34-25)23-18-10-11-27-24(18)29-15-28-23/h4-12,15,19-20H,2,13-14H2,1,3H3,(H,27,28,29). The summed E-state index contributed by atoms with van der Waals surface area (Å²) in [6, 6.07) is 8.21. The van der Waals surface area contributed by atoms with Crippen molar-refractivity contribution in [1.29, 1.82) is 0 Å². The Morgan fingerprint density at radius 1 is 1.26 bits per heavy atom. The largest absolute Gasteiger partial charge is 0.453 e. The Bertz CT molecular complexity index is 1430. The number of ether oxygens (including phenoxy) is 1. The van der Waals surface area contributed by atoms with Gasteiger partial charge >= 0.3 is 6.09 Å². The summed E-state index contributed by atoms with van der Waals surface area (Å²) >= 11 is 1.66. The fourth-order valence-electron chi connectivity index (χ4n) is 4.47. The molecule has 8 heteroatoms. The van der Waals surface area contributed by atoms with Crippen molar-refractivity contribution in [3.8, 4) is 11.3 Å². The van der Waals surface area contributed by atoms with Gasteiger partial charge in [-0.2, -0.15) is 0 Å². The number of fused-ring (bicyclic) bond motifs is 2. The van der Waals surface area contributed by atoms with Gasteiger partial charge < -0.3 is 14.6 Å². The summed E-state index contributed by atoms with van der Waals surface area (Å²) in [6.45, 7) is 7.38. The first-order chi connectivity index (χ1) is 16.6. The van der Waals surface area contributed by atoms with Crippen molar-refractivity contribution in [2.75, 3.05) is 20.2 Å². The number of H-pyrrole nitrogens is 1. The highest BCUT2D eigenvalue weighted by molar-refractivity contribution is 7.18. The van der Waals surface area contributed by atoms with Gasteiger partial charge in [-0.1, -0.05) is 36.9 Å². The second-order valence-corrected chi connectivity index (χ2v) is 9.31. The van der Waals surface area contributed by atoms with Gasteiger partial charge in [0.1, 0.15) is 12.0 Å². The number of carbonyl (C=O) groups is 1. The predicted molar refractivity (Wildman–Crippen MR) is 136 cm³/mol. The number of aromatic nitrogens is 4. The first-order valence-electron chi connectivity index (χ1n) is 11.1. The lowest BCUT2D eigenvalue weighted by molar-refractivity contribution is 0.132. The number of nitrogens with zero attached hydrogens (tertiary/aromatic N) is 4. The molecule has 1 aliphatic heterocycles. The summed E-state index contributed by atoms with van der Waals surface area (Å²) in [7, 11) is 1.42. The van der Waals surface area contributed by atoms with Crippen LogP contribution in [0.3, 0.4) is 0 Å². The molecular formula is C26H25N5O2S. The van der Waals surface area contributed by atoms with E-state index in [2.05, 4.69) is 27.6 Å². The SMILES string of the molecule is C=C(C=CC=CC)C1CN(C(=O)OC)CC1c1nc2ccc(-c3ncnc4[nH]ccc34)cc2s1. The first-order valence-corrected chi connectivity index (χ1v) is 11.9. The number of allylic oxidation sites excluding steroid dienone is 4. The van der Waals surface area contributed by atoms with Gasteiger partial charge in [-0.05, 0) is 30.7 Å². The molecule has 0 saturated carbocycles. The van der Waals surface area contributed by atoms with Crippen molar-refractivity contribution >= 4 is 38.7 Å². The number of carbonyl (C=O) groups excluding carboxylic acids is 1. The van der Waals surface area contributed by atoms with E-state index in [1.54, 1.807) is 22.6 Å². The van der Waals surface area contributed by atoms with Crippen molar-refractivity contribution in [2.24, 2.45) is 5.92 Å². The summed E-state index contributed by atoms with van der Waals surface area (Å²) < 4.78 is 6.08. The molecule has 0 spiro atoms. The summed E-state index contributed by atoms with van der Waals surface area (Å²) in [5.74, 6) is 0.125. The molecule has 2 unspecified atom stereocenters. The molecule has 0 bridgehead atoms. The van der Waals surface area contributed by atoms with Gasteiger partial charge in [-0.25, -0.2) is 19.7 Å². The zero-order valence-electron chi connectivity index (χ0n) is 19.1. The predicted octanol–water partition coefficient (Wildman–Crippen LogP) is 5.70. The number of rotatable bonds is 5. The van der Waals surface area contributed by atoms with E-state index < -0.39 is 0 Å². The third kappa shape index (κ3) is 4.01. The van der Waals surface area contributed by atoms with E-state index in [0.717, 1.165) is 43.1 Å². The zero-order chi connectivity index (χ0) is 23.7. The minimum Gasteiger partial charge on any atom is -0.453 e. The lowest BCUT2D eigenvalue weighted by atomic mass is 9.89. The molecule has 3 aromatic heterocycles. The molecule has 0 aliphatic carbocycles. The van der Waals surface area contributed by atoms with Crippen LogP contribution in [-0.4, -0.2) is 51.1 Å². The fraction of sp³-hybridized carbons (Fsp3) is 0.231.